The Morgan fingerprint density at radius 3 is 1.61 bits per heavy atom. The van der Waals surface area contributed by atoms with E-state index in [-0.39, 0.29) is 83.4 Å². The summed E-state index contributed by atoms with van der Waals surface area (Å²) in [6.45, 7) is 5.46. The van der Waals surface area contributed by atoms with Gasteiger partial charge in [0.25, 0.3) is 0 Å². The van der Waals surface area contributed by atoms with Crippen molar-refractivity contribution in [2.45, 2.75) is 153 Å². The largest absolute Gasteiger partial charge is 0.480 e. The lowest BCUT2D eigenvalue weighted by molar-refractivity contribution is -0.148. The Balaban J connectivity index is 1.34. The smallest absolute Gasteiger partial charge is 0.326 e. The third-order valence-electron chi connectivity index (χ3n) is 13.6. The molecule has 402 valence electrons. The number of aliphatic imine (C=N–C) groups is 2. The van der Waals surface area contributed by atoms with Gasteiger partial charge in [-0.15, -0.1) is 0 Å². The molecule has 0 saturated carbocycles. The molecule has 4 aliphatic heterocycles. The van der Waals surface area contributed by atoms with Crippen molar-refractivity contribution in [1.29, 1.82) is 0 Å². The zero-order chi connectivity index (χ0) is 53.2. The van der Waals surface area contributed by atoms with Crippen LogP contribution in [0.2, 0.25) is 0 Å². The molecule has 4 fully saturated rings. The number of amides is 9. The van der Waals surface area contributed by atoms with E-state index in [1.807, 2.05) is 6.92 Å². The van der Waals surface area contributed by atoms with Gasteiger partial charge >= 0.3 is 5.97 Å². The van der Waals surface area contributed by atoms with Crippen LogP contribution in [0.25, 0.3) is 0 Å². The molecule has 0 aromatic carbocycles. The van der Waals surface area contributed by atoms with Gasteiger partial charge in [-0.3, -0.25) is 53.1 Å². The molecule has 0 radical (unpaired) electrons. The molecule has 27 nitrogen and oxygen atoms in total. The standard InChI is InChI=1S/C45H76N16O11/c1-4-25(2)35(39(67)54-26(3)36(64)56-28(43(71)72)12-6-18-52-45(49)50)57-38(66)30-14-8-21-60(30)41(69)31-15-9-19-58(31)34(63)24-53-37(65)29-13-7-20-59(29)42(70)32-16-10-22-61(32)40(68)27(55-33(62)23-46)11-5-17-51-44(47)48/h25-32,35H,4-24,46H2,1-3H3,(H,53,65)(H,54,67)(H,55,62)(H,56,64)(H,57,66)(H,71,72)(H4,47,48,51)(H4,49,50,52)/t25-,26-,27-,28-,29-,30-,31-,32-,35-/m0/s1. The maximum atomic E-state index is 14.2. The highest BCUT2D eigenvalue weighted by atomic mass is 16.4. The molecule has 0 bridgehead atoms. The summed E-state index contributed by atoms with van der Waals surface area (Å²) in [6, 6.07) is -8.24. The minimum atomic E-state index is -1.28. The highest BCUT2D eigenvalue weighted by Gasteiger charge is 2.46. The Bertz CT molecular complexity index is 2050. The third kappa shape index (κ3) is 15.9. The monoisotopic (exact) mass is 1020 g/mol. The van der Waals surface area contributed by atoms with E-state index >= 15 is 0 Å². The number of nitrogens with one attached hydrogen (secondary N) is 5. The summed E-state index contributed by atoms with van der Waals surface area (Å²) in [6.07, 6.45) is 4.55. The van der Waals surface area contributed by atoms with E-state index in [1.54, 1.807) is 6.92 Å². The maximum Gasteiger partial charge on any atom is 0.326 e. The number of carboxylic acid groups (broad SMARTS) is 1. The van der Waals surface area contributed by atoms with Crippen molar-refractivity contribution >= 4 is 71.1 Å². The average molecular weight is 1020 g/mol. The van der Waals surface area contributed by atoms with Gasteiger partial charge in [0.2, 0.25) is 53.2 Å². The fraction of sp³-hybridized carbons (Fsp3) is 0.733. The van der Waals surface area contributed by atoms with Crippen LogP contribution in [0.4, 0.5) is 0 Å². The van der Waals surface area contributed by atoms with Gasteiger partial charge < -0.3 is 80.0 Å². The highest BCUT2D eigenvalue weighted by Crippen LogP contribution is 2.28. The summed E-state index contributed by atoms with van der Waals surface area (Å²) in [4.78, 5) is 148. The number of rotatable bonds is 25. The number of hydrogen-bond donors (Lipinski definition) is 11. The van der Waals surface area contributed by atoms with Gasteiger partial charge in [-0.2, -0.15) is 0 Å². The minimum Gasteiger partial charge on any atom is -0.480 e. The first-order valence-corrected chi connectivity index (χ1v) is 24.9. The molecular formula is C45H76N16O11. The first-order valence-electron chi connectivity index (χ1n) is 24.9. The van der Waals surface area contributed by atoms with Crippen LogP contribution >= 0.6 is 0 Å². The quantitative estimate of drug-likeness (QED) is 0.0232. The van der Waals surface area contributed by atoms with Crippen LogP contribution in [-0.4, -0.2) is 196 Å². The summed E-state index contributed by atoms with van der Waals surface area (Å²) in [5, 5.41) is 22.7. The average Bonchev–Trinajstić information content (AvgIpc) is 4.20. The van der Waals surface area contributed by atoms with Gasteiger partial charge in [0.05, 0.1) is 13.1 Å². The van der Waals surface area contributed by atoms with Crippen LogP contribution < -0.4 is 55.3 Å². The molecule has 4 rings (SSSR count). The molecule has 16 N–H and O–H groups in total. The van der Waals surface area contributed by atoms with Crippen molar-refractivity contribution in [2.75, 3.05) is 52.4 Å². The SMILES string of the molecule is CC[C@H](C)[C@H](NC(=O)[C@@H]1CCCN1C(=O)[C@@H]1CCCN1C(=O)CNC(=O)[C@@H]1CCCN1C(=O)[C@@H]1CCCN1C(=O)[C@H](CCCN=C(N)N)NC(=O)CN)C(=O)N[C@@H](C)C(=O)N[C@@H](CCCN=C(N)N)C(=O)O. The van der Waals surface area contributed by atoms with E-state index in [1.165, 1.54) is 26.5 Å². The molecule has 9 amide bonds. The van der Waals surface area contributed by atoms with E-state index in [0.717, 1.165) is 0 Å². The Morgan fingerprint density at radius 2 is 1.10 bits per heavy atom. The molecule has 4 aliphatic rings. The molecule has 0 unspecified atom stereocenters. The van der Waals surface area contributed by atoms with Gasteiger partial charge in [-0.25, -0.2) is 4.79 Å². The van der Waals surface area contributed by atoms with Crippen LogP contribution in [0, 0.1) is 5.92 Å². The number of carbonyl (C=O) groups is 10. The van der Waals surface area contributed by atoms with E-state index in [9.17, 15) is 53.1 Å². The molecule has 0 aromatic heterocycles. The van der Waals surface area contributed by atoms with Gasteiger partial charge in [0.15, 0.2) is 11.9 Å². The minimum absolute atomic E-state index is 0.0218. The first kappa shape index (κ1) is 57.8. The van der Waals surface area contributed by atoms with E-state index in [4.69, 9.17) is 28.7 Å². The predicted molar refractivity (Wildman–Crippen MR) is 261 cm³/mol. The molecule has 0 aliphatic carbocycles. The Labute approximate surface area is 418 Å². The molecule has 4 heterocycles. The molecular weight excluding hydrogens is 941 g/mol. The van der Waals surface area contributed by atoms with Crippen molar-refractivity contribution in [3.05, 3.63) is 0 Å². The summed E-state index contributed by atoms with van der Waals surface area (Å²) >= 11 is 0. The lowest BCUT2D eigenvalue weighted by Gasteiger charge is -2.33. The van der Waals surface area contributed by atoms with Crippen molar-refractivity contribution in [3.8, 4) is 0 Å². The zero-order valence-electron chi connectivity index (χ0n) is 41.6. The van der Waals surface area contributed by atoms with Crippen LogP contribution in [0.1, 0.15) is 104 Å². The summed E-state index contributed by atoms with van der Waals surface area (Å²) in [5.74, 6) is -6.97. The van der Waals surface area contributed by atoms with Crippen LogP contribution in [0.5, 0.6) is 0 Å². The van der Waals surface area contributed by atoms with Gasteiger partial charge in [-0.1, -0.05) is 20.3 Å². The van der Waals surface area contributed by atoms with Gasteiger partial charge in [-0.05, 0) is 89.9 Å². The number of hydrogen-bond acceptors (Lipinski definition) is 13. The number of carboxylic acids is 1. The predicted octanol–water partition coefficient (Wildman–Crippen LogP) is -4.78. The molecule has 4 saturated heterocycles. The maximum absolute atomic E-state index is 14.2. The number of guanidine groups is 2. The van der Waals surface area contributed by atoms with Gasteiger partial charge in [0, 0.05) is 39.3 Å². The lowest BCUT2D eigenvalue weighted by Crippen LogP contribution is -2.59. The fourth-order valence-electron chi connectivity index (χ4n) is 9.57. The van der Waals surface area contributed by atoms with Crippen LogP contribution in [0.15, 0.2) is 9.98 Å². The van der Waals surface area contributed by atoms with Crippen molar-refractivity contribution < 1.29 is 53.1 Å². The normalized spacial score (nSPS) is 21.6. The second kappa shape index (κ2) is 27.7. The van der Waals surface area contributed by atoms with E-state index < -0.39 is 120 Å². The summed E-state index contributed by atoms with van der Waals surface area (Å²) in [7, 11) is 0. The molecule has 0 spiro atoms. The third-order valence-corrected chi connectivity index (χ3v) is 13.6. The number of nitrogens with zero attached hydrogens (tertiary/aromatic N) is 6. The lowest BCUT2D eigenvalue weighted by atomic mass is 9.97. The van der Waals surface area contributed by atoms with Crippen LogP contribution in [0.3, 0.4) is 0 Å². The van der Waals surface area contributed by atoms with Crippen LogP contribution in [-0.2, 0) is 47.9 Å². The number of nitrogens with two attached hydrogens (primary N) is 5. The zero-order valence-corrected chi connectivity index (χ0v) is 41.6. The molecule has 72 heavy (non-hydrogen) atoms. The second-order valence-corrected chi connectivity index (χ2v) is 18.8. The van der Waals surface area contributed by atoms with Crippen molar-refractivity contribution in [3.63, 3.8) is 0 Å². The summed E-state index contributed by atoms with van der Waals surface area (Å²) < 4.78 is 0. The first-order chi connectivity index (χ1) is 34.2. The highest BCUT2D eigenvalue weighted by molar-refractivity contribution is 5.98. The molecule has 0 aromatic rings. The second-order valence-electron chi connectivity index (χ2n) is 18.8. The number of aliphatic carboxylic acids is 1. The Kier molecular flexibility index (Phi) is 22.2. The summed E-state index contributed by atoms with van der Waals surface area (Å²) in [5.41, 5.74) is 27.0. The van der Waals surface area contributed by atoms with E-state index in [2.05, 4.69) is 36.6 Å². The number of carbonyl (C=O) groups excluding carboxylic acids is 9. The van der Waals surface area contributed by atoms with Crippen molar-refractivity contribution in [2.24, 2.45) is 44.6 Å². The molecule has 9 atom stereocenters. The topological polar surface area (TPSA) is 419 Å². The Hall–Kier alpha value is -6.80. The molecule has 27 heteroatoms. The van der Waals surface area contributed by atoms with Gasteiger partial charge in [0.1, 0.15) is 48.3 Å². The van der Waals surface area contributed by atoms with Crippen molar-refractivity contribution in [1.82, 2.24) is 46.2 Å². The number of likely N-dealkylation sites (tertiary alicyclic amines) is 4. The van der Waals surface area contributed by atoms with E-state index in [0.29, 0.717) is 57.8 Å². The Morgan fingerprint density at radius 1 is 0.611 bits per heavy atom. The fourth-order valence-corrected chi connectivity index (χ4v) is 9.57.